The maximum absolute atomic E-state index is 11.9. The van der Waals surface area contributed by atoms with Crippen molar-refractivity contribution in [1.82, 2.24) is 15.1 Å². The maximum atomic E-state index is 11.9. The van der Waals surface area contributed by atoms with Gasteiger partial charge in [-0.25, -0.2) is 0 Å². The van der Waals surface area contributed by atoms with Gasteiger partial charge in [0.25, 0.3) is 0 Å². The van der Waals surface area contributed by atoms with Crippen molar-refractivity contribution in [2.24, 2.45) is 13.0 Å². The molecule has 6 heteroatoms. The lowest BCUT2D eigenvalue weighted by atomic mass is 10.1. The van der Waals surface area contributed by atoms with Crippen molar-refractivity contribution in [1.29, 1.82) is 0 Å². The molecule has 0 radical (unpaired) electrons. The normalized spacial score (nSPS) is 18.4. The molecule has 1 aromatic rings. The van der Waals surface area contributed by atoms with Gasteiger partial charge in [-0.1, -0.05) is 11.6 Å². The zero-order chi connectivity index (χ0) is 11.7. The Morgan fingerprint density at radius 1 is 1.62 bits per heavy atom. The molecule has 1 aromatic heterocycles. The smallest absolute Gasteiger partial charge is 0.0856 e. The maximum Gasteiger partial charge on any atom is 0.0856 e. The number of halogens is 1. The van der Waals surface area contributed by atoms with E-state index in [1.807, 2.05) is 14.0 Å². The van der Waals surface area contributed by atoms with Crippen molar-refractivity contribution in [3.63, 3.8) is 0 Å². The second-order valence-corrected chi connectivity index (χ2v) is 6.12. The first-order chi connectivity index (χ1) is 7.58. The van der Waals surface area contributed by atoms with Crippen LogP contribution in [-0.4, -0.2) is 32.8 Å². The van der Waals surface area contributed by atoms with Crippen molar-refractivity contribution >= 4 is 22.4 Å². The van der Waals surface area contributed by atoms with Crippen molar-refractivity contribution in [2.45, 2.75) is 12.7 Å². The molecule has 2 rings (SSSR count). The topological polar surface area (TPSA) is 46.9 Å². The lowest BCUT2D eigenvalue weighted by Crippen LogP contribution is -2.44. The molecule has 2 heterocycles. The lowest BCUT2D eigenvalue weighted by Gasteiger charge is -2.26. The standard InChI is InChI=1S/C10H16ClN3OS/c1-7-10(11)9(14(2)13-7)6-16(15)5-8-3-12-4-8/h8,12H,3-6H2,1-2H3. The van der Waals surface area contributed by atoms with Crippen molar-refractivity contribution in [3.05, 3.63) is 16.4 Å². The van der Waals surface area contributed by atoms with E-state index >= 15 is 0 Å². The van der Waals surface area contributed by atoms with E-state index < -0.39 is 10.8 Å². The monoisotopic (exact) mass is 261 g/mol. The van der Waals surface area contributed by atoms with Gasteiger partial charge in [-0.15, -0.1) is 0 Å². The fourth-order valence-corrected chi connectivity index (χ4v) is 3.60. The average molecular weight is 262 g/mol. The van der Waals surface area contributed by atoms with Crippen LogP contribution in [0.3, 0.4) is 0 Å². The van der Waals surface area contributed by atoms with Gasteiger partial charge in [0, 0.05) is 36.7 Å². The fraction of sp³-hybridized carbons (Fsp3) is 0.700. The first-order valence-corrected chi connectivity index (χ1v) is 7.18. The van der Waals surface area contributed by atoms with Gasteiger partial charge >= 0.3 is 0 Å². The number of aryl methyl sites for hydroxylation is 2. The molecular formula is C10H16ClN3OS. The van der Waals surface area contributed by atoms with E-state index in [2.05, 4.69) is 10.4 Å². The van der Waals surface area contributed by atoms with E-state index in [0.29, 0.717) is 16.7 Å². The van der Waals surface area contributed by atoms with E-state index in [1.54, 1.807) is 4.68 Å². The van der Waals surface area contributed by atoms with Crippen molar-refractivity contribution < 1.29 is 4.21 Å². The van der Waals surface area contributed by atoms with Gasteiger partial charge in [-0.05, 0) is 12.8 Å². The summed E-state index contributed by atoms with van der Waals surface area (Å²) >= 11 is 6.11. The van der Waals surface area contributed by atoms with E-state index in [9.17, 15) is 4.21 Å². The average Bonchev–Trinajstić information content (AvgIpc) is 2.39. The number of nitrogens with zero attached hydrogens (tertiary/aromatic N) is 2. The van der Waals surface area contributed by atoms with Gasteiger partial charge in [0.15, 0.2) is 0 Å². The second kappa shape index (κ2) is 4.85. The largest absolute Gasteiger partial charge is 0.316 e. The third kappa shape index (κ3) is 2.47. The summed E-state index contributed by atoms with van der Waals surface area (Å²) in [6, 6.07) is 0. The summed E-state index contributed by atoms with van der Waals surface area (Å²) in [6.45, 7) is 3.85. The summed E-state index contributed by atoms with van der Waals surface area (Å²) in [5.41, 5.74) is 1.69. The molecule has 1 atom stereocenters. The molecule has 0 amide bonds. The lowest BCUT2D eigenvalue weighted by molar-refractivity contribution is 0.382. The number of hydrogen-bond acceptors (Lipinski definition) is 3. The molecule has 0 bridgehead atoms. The molecule has 1 fully saturated rings. The molecule has 1 saturated heterocycles. The predicted molar refractivity (Wildman–Crippen MR) is 66.0 cm³/mol. The predicted octanol–water partition coefficient (Wildman–Crippen LogP) is 0.850. The Kier molecular flexibility index (Phi) is 3.66. The third-order valence-corrected chi connectivity index (χ3v) is 4.78. The minimum Gasteiger partial charge on any atom is -0.316 e. The molecule has 90 valence electrons. The Hall–Kier alpha value is -0.390. The summed E-state index contributed by atoms with van der Waals surface area (Å²) in [7, 11) is 1.00. The van der Waals surface area contributed by atoms with E-state index in [-0.39, 0.29) is 0 Å². The molecule has 16 heavy (non-hydrogen) atoms. The van der Waals surface area contributed by atoms with Gasteiger partial charge in [0.05, 0.1) is 22.2 Å². The number of hydrogen-bond donors (Lipinski definition) is 1. The molecule has 0 aromatic carbocycles. The van der Waals surface area contributed by atoms with Gasteiger partial charge in [-0.3, -0.25) is 8.89 Å². The van der Waals surface area contributed by atoms with Gasteiger partial charge in [-0.2, -0.15) is 5.10 Å². The van der Waals surface area contributed by atoms with Crippen LogP contribution in [0.15, 0.2) is 0 Å². The summed E-state index contributed by atoms with van der Waals surface area (Å²) in [6.07, 6.45) is 0. The highest BCUT2D eigenvalue weighted by Gasteiger charge is 2.21. The van der Waals surface area contributed by atoms with Crippen LogP contribution in [0.2, 0.25) is 5.02 Å². The highest BCUT2D eigenvalue weighted by atomic mass is 35.5. The SMILES string of the molecule is Cc1nn(C)c(CS(=O)CC2CNC2)c1Cl. The minimum atomic E-state index is -0.842. The Labute approximate surface area is 103 Å². The van der Waals surface area contributed by atoms with E-state index in [4.69, 9.17) is 11.6 Å². The molecule has 4 nitrogen and oxygen atoms in total. The molecule has 1 unspecified atom stereocenters. The van der Waals surface area contributed by atoms with Crippen molar-refractivity contribution in [3.8, 4) is 0 Å². The number of rotatable bonds is 4. The van der Waals surface area contributed by atoms with Crippen LogP contribution in [0.25, 0.3) is 0 Å². The molecule has 0 aliphatic carbocycles. The van der Waals surface area contributed by atoms with Crippen LogP contribution in [0.1, 0.15) is 11.4 Å². The Morgan fingerprint density at radius 3 is 2.75 bits per heavy atom. The Balaban J connectivity index is 1.99. The summed E-state index contributed by atoms with van der Waals surface area (Å²) in [4.78, 5) is 0. The van der Waals surface area contributed by atoms with Crippen LogP contribution in [-0.2, 0) is 23.6 Å². The van der Waals surface area contributed by atoms with Crippen LogP contribution in [0.4, 0.5) is 0 Å². The quantitative estimate of drug-likeness (QED) is 0.874. The summed E-state index contributed by atoms with van der Waals surface area (Å²) in [5.74, 6) is 1.83. The van der Waals surface area contributed by atoms with Crippen LogP contribution in [0.5, 0.6) is 0 Å². The molecule has 0 spiro atoms. The number of aromatic nitrogens is 2. The van der Waals surface area contributed by atoms with Gasteiger partial charge < -0.3 is 5.32 Å². The van der Waals surface area contributed by atoms with Gasteiger partial charge in [0.2, 0.25) is 0 Å². The minimum absolute atomic E-state index is 0.507. The molecule has 1 aliphatic heterocycles. The number of nitrogens with one attached hydrogen (secondary N) is 1. The zero-order valence-electron chi connectivity index (χ0n) is 9.49. The first kappa shape index (κ1) is 12.1. The third-order valence-electron chi connectivity index (χ3n) is 2.85. The van der Waals surface area contributed by atoms with E-state index in [1.165, 1.54) is 0 Å². The van der Waals surface area contributed by atoms with Crippen LogP contribution in [0, 0.1) is 12.8 Å². The van der Waals surface area contributed by atoms with Crippen molar-refractivity contribution in [2.75, 3.05) is 18.8 Å². The molecule has 1 N–H and O–H groups in total. The Morgan fingerprint density at radius 2 is 2.31 bits per heavy atom. The first-order valence-electron chi connectivity index (χ1n) is 5.31. The molecule has 0 saturated carbocycles. The van der Waals surface area contributed by atoms with E-state index in [0.717, 1.165) is 30.2 Å². The van der Waals surface area contributed by atoms with Crippen LogP contribution < -0.4 is 5.32 Å². The molecular weight excluding hydrogens is 246 g/mol. The Bertz CT molecular complexity index is 414. The zero-order valence-corrected chi connectivity index (χ0v) is 11.1. The fourth-order valence-electron chi connectivity index (χ4n) is 1.78. The van der Waals surface area contributed by atoms with Crippen LogP contribution >= 0.6 is 11.6 Å². The second-order valence-electron chi connectivity index (χ2n) is 4.24. The summed E-state index contributed by atoms with van der Waals surface area (Å²) in [5, 5.41) is 8.05. The summed E-state index contributed by atoms with van der Waals surface area (Å²) < 4.78 is 13.6. The van der Waals surface area contributed by atoms with Gasteiger partial charge in [0.1, 0.15) is 0 Å². The highest BCUT2D eigenvalue weighted by molar-refractivity contribution is 7.84. The highest BCUT2D eigenvalue weighted by Crippen LogP contribution is 2.21. The molecule has 1 aliphatic rings.